The van der Waals surface area contributed by atoms with E-state index in [-0.39, 0.29) is 5.91 Å². The fraction of sp³-hybridized carbons (Fsp3) is 0.286. The number of methoxy groups -OCH3 is 1. The average Bonchev–Trinajstić information content (AvgIpc) is 2.96. The van der Waals surface area contributed by atoms with E-state index in [1.807, 2.05) is 12.5 Å². The van der Waals surface area contributed by atoms with E-state index >= 15 is 0 Å². The van der Waals surface area contributed by atoms with Gasteiger partial charge in [-0.1, -0.05) is 0 Å². The molecule has 0 radical (unpaired) electrons. The van der Waals surface area contributed by atoms with Gasteiger partial charge in [0.1, 0.15) is 11.9 Å². The van der Waals surface area contributed by atoms with Crippen molar-refractivity contribution in [3.8, 4) is 5.75 Å². The van der Waals surface area contributed by atoms with Gasteiger partial charge in [0.15, 0.2) is 6.34 Å². The van der Waals surface area contributed by atoms with Crippen molar-refractivity contribution in [2.24, 2.45) is 4.99 Å². The number of nitrogens with one attached hydrogen (secondary N) is 2. The lowest BCUT2D eigenvalue weighted by Crippen LogP contribution is -3.05. The van der Waals surface area contributed by atoms with E-state index in [9.17, 15) is 4.79 Å². The van der Waals surface area contributed by atoms with Crippen LogP contribution in [0.1, 0.15) is 16.8 Å². The van der Waals surface area contributed by atoms with Gasteiger partial charge >= 0.3 is 0 Å². The average molecular weight is 260 g/mol. The largest absolute Gasteiger partial charge is 0.497 e. The van der Waals surface area contributed by atoms with Crippen molar-refractivity contribution in [1.82, 2.24) is 5.32 Å². The first-order valence-corrected chi connectivity index (χ1v) is 6.27. The Hall–Kier alpha value is -2.14. The third-order valence-electron chi connectivity index (χ3n) is 2.90. The first-order chi connectivity index (χ1) is 9.29. The van der Waals surface area contributed by atoms with Crippen molar-refractivity contribution in [3.05, 3.63) is 42.2 Å². The van der Waals surface area contributed by atoms with E-state index in [2.05, 4.69) is 10.3 Å². The smallest absolute Gasteiger partial charge is 0.251 e. The molecule has 5 nitrogen and oxygen atoms in total. The Kier molecular flexibility index (Phi) is 4.69. The highest BCUT2D eigenvalue weighted by molar-refractivity contribution is 5.94. The van der Waals surface area contributed by atoms with E-state index < -0.39 is 0 Å². The molecule has 1 heterocycles. The van der Waals surface area contributed by atoms with Gasteiger partial charge in [-0.15, -0.1) is 0 Å². The maximum atomic E-state index is 11.8. The van der Waals surface area contributed by atoms with Gasteiger partial charge in [-0.25, -0.2) is 4.99 Å². The van der Waals surface area contributed by atoms with Gasteiger partial charge in [-0.3, -0.25) is 9.69 Å². The van der Waals surface area contributed by atoms with Gasteiger partial charge < -0.3 is 10.1 Å². The van der Waals surface area contributed by atoms with Crippen molar-refractivity contribution in [3.63, 3.8) is 0 Å². The molecule has 1 aliphatic heterocycles. The highest BCUT2D eigenvalue weighted by Crippen LogP contribution is 2.10. The molecule has 2 N–H and O–H groups in total. The van der Waals surface area contributed by atoms with Crippen LogP contribution in [0.2, 0.25) is 0 Å². The third-order valence-corrected chi connectivity index (χ3v) is 2.90. The number of quaternary nitrogens is 1. The lowest BCUT2D eigenvalue weighted by molar-refractivity contribution is -0.736. The van der Waals surface area contributed by atoms with Gasteiger partial charge in [-0.2, -0.15) is 0 Å². The molecule has 19 heavy (non-hydrogen) atoms. The Balaban J connectivity index is 1.71. The predicted molar refractivity (Wildman–Crippen MR) is 73.4 cm³/mol. The van der Waals surface area contributed by atoms with Crippen LogP contribution in [0.15, 0.2) is 41.7 Å². The second kappa shape index (κ2) is 6.70. The molecule has 1 atom stereocenters. The molecule has 100 valence electrons. The number of hydrogen-bond donors (Lipinski definition) is 2. The van der Waals surface area contributed by atoms with Crippen LogP contribution in [-0.4, -0.2) is 32.4 Å². The van der Waals surface area contributed by atoms with Crippen LogP contribution in [0.5, 0.6) is 5.75 Å². The highest BCUT2D eigenvalue weighted by atomic mass is 16.5. The van der Waals surface area contributed by atoms with Crippen molar-refractivity contribution in [2.45, 2.75) is 6.42 Å². The van der Waals surface area contributed by atoms with E-state index in [0.717, 1.165) is 18.7 Å². The lowest BCUT2D eigenvalue weighted by Gasteiger charge is -2.07. The fourth-order valence-corrected chi connectivity index (χ4v) is 1.81. The summed E-state index contributed by atoms with van der Waals surface area (Å²) in [5.41, 5.74) is 0.649. The summed E-state index contributed by atoms with van der Waals surface area (Å²) >= 11 is 0. The second-order valence-electron chi connectivity index (χ2n) is 4.26. The molecule has 1 unspecified atom stereocenters. The Labute approximate surface area is 112 Å². The maximum absolute atomic E-state index is 11.8. The summed E-state index contributed by atoms with van der Waals surface area (Å²) in [5.74, 6) is 0.698. The normalized spacial score (nSPS) is 16.6. The monoisotopic (exact) mass is 260 g/mol. The van der Waals surface area contributed by atoms with Crippen molar-refractivity contribution < 1.29 is 14.4 Å². The van der Waals surface area contributed by atoms with Crippen molar-refractivity contribution in [2.75, 3.05) is 20.2 Å². The van der Waals surface area contributed by atoms with Gasteiger partial charge in [-0.05, 0) is 24.3 Å². The number of carbonyl (C=O) groups excluding carboxylic acids is 1. The Bertz CT molecular complexity index is 468. The van der Waals surface area contributed by atoms with Crippen LogP contribution < -0.4 is 15.0 Å². The zero-order valence-electron chi connectivity index (χ0n) is 10.9. The van der Waals surface area contributed by atoms with Crippen LogP contribution in [-0.2, 0) is 0 Å². The number of hydrogen-bond acceptors (Lipinski definition) is 3. The summed E-state index contributed by atoms with van der Waals surface area (Å²) in [7, 11) is 1.60. The Morgan fingerprint density at radius 3 is 2.79 bits per heavy atom. The highest BCUT2D eigenvalue weighted by Gasteiger charge is 2.07. The van der Waals surface area contributed by atoms with Gasteiger partial charge in [0.2, 0.25) is 0 Å². The quantitative estimate of drug-likeness (QED) is 0.719. The summed E-state index contributed by atoms with van der Waals surface area (Å²) in [4.78, 5) is 17.0. The van der Waals surface area contributed by atoms with Crippen LogP contribution in [0, 0.1) is 0 Å². The zero-order chi connectivity index (χ0) is 13.5. The molecule has 1 aliphatic rings. The van der Waals surface area contributed by atoms with E-state index in [1.54, 1.807) is 37.6 Å². The van der Waals surface area contributed by atoms with Gasteiger partial charge in [0, 0.05) is 18.5 Å². The molecule has 0 aromatic heterocycles. The molecular weight excluding hydrogens is 242 g/mol. The molecule has 1 aromatic carbocycles. The molecule has 0 fully saturated rings. The number of benzene rings is 1. The number of ether oxygens (including phenoxy) is 1. The van der Waals surface area contributed by atoms with Crippen LogP contribution in [0.3, 0.4) is 0 Å². The minimum Gasteiger partial charge on any atom is -0.497 e. The summed E-state index contributed by atoms with van der Waals surface area (Å²) in [5, 5.41) is 2.90. The molecule has 2 rings (SSSR count). The minimum absolute atomic E-state index is 0.0525. The van der Waals surface area contributed by atoms with E-state index in [1.165, 1.54) is 4.90 Å². The summed E-state index contributed by atoms with van der Waals surface area (Å²) in [6, 6.07) is 7.08. The Morgan fingerprint density at radius 2 is 2.16 bits per heavy atom. The number of nitrogens with zero attached hydrogens (tertiary/aromatic N) is 1. The minimum atomic E-state index is -0.0525. The maximum Gasteiger partial charge on any atom is 0.251 e. The number of rotatable bonds is 6. The first-order valence-electron chi connectivity index (χ1n) is 6.27. The molecular formula is C14H18N3O2+. The molecule has 0 saturated carbocycles. The lowest BCUT2D eigenvalue weighted by atomic mass is 10.2. The van der Waals surface area contributed by atoms with E-state index in [4.69, 9.17) is 4.74 Å². The zero-order valence-corrected chi connectivity index (χ0v) is 10.9. The molecule has 0 aliphatic carbocycles. The molecule has 0 saturated heterocycles. The SMILES string of the molecule is COc1ccc(C(=O)NCCC[NH+]2C=CN=C2)cc1. The van der Waals surface area contributed by atoms with Gasteiger partial charge in [0.25, 0.3) is 5.91 Å². The third kappa shape index (κ3) is 3.93. The first kappa shape index (κ1) is 13.3. The van der Waals surface area contributed by atoms with Crippen LogP contribution >= 0.6 is 0 Å². The number of carbonyl (C=O) groups is 1. The molecule has 0 spiro atoms. The predicted octanol–water partition coefficient (Wildman–Crippen LogP) is 0.213. The molecule has 1 aromatic rings. The second-order valence-corrected chi connectivity index (χ2v) is 4.26. The van der Waals surface area contributed by atoms with Crippen LogP contribution in [0.25, 0.3) is 0 Å². The fourth-order valence-electron chi connectivity index (χ4n) is 1.81. The van der Waals surface area contributed by atoms with Crippen molar-refractivity contribution in [1.29, 1.82) is 0 Å². The number of aliphatic imine (C=N–C) groups is 1. The standard InChI is InChI=1S/C14H17N3O2/c1-19-13-5-3-12(4-6-13)14(18)16-7-2-9-17-10-8-15-11-17/h3-6,8,10-11H,2,7,9H2,1H3,(H,16,18)/p+1. The summed E-state index contributed by atoms with van der Waals surface area (Å²) in [6.07, 6.45) is 6.54. The van der Waals surface area contributed by atoms with Crippen molar-refractivity contribution >= 4 is 12.2 Å². The molecule has 5 heteroatoms. The van der Waals surface area contributed by atoms with E-state index in [0.29, 0.717) is 12.1 Å². The molecule has 1 amide bonds. The molecule has 0 bridgehead atoms. The van der Waals surface area contributed by atoms with Crippen LogP contribution in [0.4, 0.5) is 0 Å². The Morgan fingerprint density at radius 1 is 1.37 bits per heavy atom. The number of amides is 1. The summed E-state index contributed by atoms with van der Waals surface area (Å²) in [6.45, 7) is 1.60. The topological polar surface area (TPSA) is 55.1 Å². The summed E-state index contributed by atoms with van der Waals surface area (Å²) < 4.78 is 5.05. The van der Waals surface area contributed by atoms with Gasteiger partial charge in [0.05, 0.1) is 19.9 Å².